The normalized spacial score (nSPS) is 21.8. The van der Waals surface area contributed by atoms with E-state index in [9.17, 15) is 14.4 Å². The number of alkyl halides is 1. The molecule has 0 radical (unpaired) electrons. The second kappa shape index (κ2) is 14.4. The molecule has 11 heteroatoms. The van der Waals surface area contributed by atoms with Gasteiger partial charge in [0.2, 0.25) is 11.8 Å². The van der Waals surface area contributed by atoms with Gasteiger partial charge in [0.15, 0.2) is 0 Å². The van der Waals surface area contributed by atoms with Crippen LogP contribution in [0, 0.1) is 10.8 Å². The molecule has 4 N–H and O–H groups in total. The summed E-state index contributed by atoms with van der Waals surface area (Å²) in [4.78, 5) is 35.8. The quantitative estimate of drug-likeness (QED) is 0.0798. The first-order valence-corrected chi connectivity index (χ1v) is 16.6. The van der Waals surface area contributed by atoms with Gasteiger partial charge in [-0.1, -0.05) is 56.7 Å². The SMILES string of the molecule is CC(C)(CNC(=O)CI)C(C)(C)OCCOC(C)(C)C(C)(C)CNC(=O)CCCCC1SCC2NC(=O)NC21. The molecule has 0 spiro atoms. The summed E-state index contributed by atoms with van der Waals surface area (Å²) in [6.07, 6.45) is 3.33. The number of hydrogen-bond acceptors (Lipinski definition) is 6. The minimum absolute atomic E-state index is 0.0260. The van der Waals surface area contributed by atoms with Crippen molar-refractivity contribution in [3.05, 3.63) is 0 Å². The van der Waals surface area contributed by atoms with Crippen LogP contribution >= 0.6 is 34.4 Å². The van der Waals surface area contributed by atoms with E-state index in [0.29, 0.717) is 42.4 Å². The van der Waals surface area contributed by atoms with Crippen molar-refractivity contribution in [1.82, 2.24) is 21.3 Å². The molecule has 2 rings (SSSR count). The van der Waals surface area contributed by atoms with E-state index in [2.05, 4.69) is 85.4 Å². The van der Waals surface area contributed by atoms with E-state index in [1.165, 1.54) is 0 Å². The highest BCUT2D eigenvalue weighted by atomic mass is 127. The van der Waals surface area contributed by atoms with Crippen LogP contribution < -0.4 is 21.3 Å². The molecule has 0 aromatic rings. The molecule has 0 bridgehead atoms. The predicted octanol–water partition coefficient (Wildman–Crippen LogP) is 4.02. The Morgan fingerprint density at radius 2 is 1.44 bits per heavy atom. The Hall–Kier alpha value is -0.790. The van der Waals surface area contributed by atoms with E-state index in [1.54, 1.807) is 0 Å². The first-order chi connectivity index (χ1) is 18.0. The van der Waals surface area contributed by atoms with Gasteiger partial charge in [0, 0.05) is 41.3 Å². The van der Waals surface area contributed by atoms with E-state index in [-0.39, 0.29) is 40.8 Å². The van der Waals surface area contributed by atoms with Gasteiger partial charge in [0.1, 0.15) is 0 Å². The van der Waals surface area contributed by atoms with Crippen LogP contribution in [0.2, 0.25) is 0 Å². The molecule has 39 heavy (non-hydrogen) atoms. The van der Waals surface area contributed by atoms with Crippen LogP contribution in [0.4, 0.5) is 4.79 Å². The number of amides is 4. The van der Waals surface area contributed by atoms with Gasteiger partial charge in [-0.05, 0) is 40.5 Å². The first-order valence-electron chi connectivity index (χ1n) is 14.1. The number of halogens is 1. The number of rotatable bonds is 17. The fourth-order valence-electron chi connectivity index (χ4n) is 4.46. The van der Waals surface area contributed by atoms with Crippen LogP contribution in [0.1, 0.15) is 81.1 Å². The van der Waals surface area contributed by atoms with Crippen molar-refractivity contribution >= 4 is 52.2 Å². The van der Waals surface area contributed by atoms with Gasteiger partial charge in [0.05, 0.1) is 40.9 Å². The number of carbonyl (C=O) groups is 3. The molecule has 2 aliphatic heterocycles. The maximum absolute atomic E-state index is 12.5. The second-order valence-electron chi connectivity index (χ2n) is 13.0. The highest BCUT2D eigenvalue weighted by Gasteiger charge is 2.43. The molecule has 3 atom stereocenters. The molecule has 9 nitrogen and oxygen atoms in total. The Balaban J connectivity index is 1.67. The minimum atomic E-state index is -0.479. The third-order valence-corrected chi connectivity index (χ3v) is 11.1. The zero-order valence-corrected chi connectivity index (χ0v) is 28.1. The summed E-state index contributed by atoms with van der Waals surface area (Å²) >= 11 is 3.97. The van der Waals surface area contributed by atoms with E-state index in [1.807, 2.05) is 25.6 Å². The van der Waals surface area contributed by atoms with Crippen molar-refractivity contribution in [3.8, 4) is 0 Å². The highest BCUT2D eigenvalue weighted by Crippen LogP contribution is 2.36. The van der Waals surface area contributed by atoms with Crippen molar-refractivity contribution in [1.29, 1.82) is 0 Å². The van der Waals surface area contributed by atoms with Crippen molar-refractivity contribution in [2.45, 2.75) is 110 Å². The van der Waals surface area contributed by atoms with Crippen molar-refractivity contribution in [2.24, 2.45) is 10.8 Å². The number of ether oxygens (including phenoxy) is 2. The maximum Gasteiger partial charge on any atom is 0.315 e. The lowest BCUT2D eigenvalue weighted by Crippen LogP contribution is -2.51. The lowest BCUT2D eigenvalue weighted by Gasteiger charge is -2.43. The summed E-state index contributed by atoms with van der Waals surface area (Å²) < 4.78 is 12.9. The van der Waals surface area contributed by atoms with Gasteiger partial charge in [0.25, 0.3) is 0 Å². The Labute approximate surface area is 253 Å². The van der Waals surface area contributed by atoms with Crippen LogP contribution in [0.5, 0.6) is 0 Å². The largest absolute Gasteiger partial charge is 0.373 e. The summed E-state index contributed by atoms with van der Waals surface area (Å²) in [5.41, 5.74) is -1.48. The van der Waals surface area contributed by atoms with Gasteiger partial charge in [-0.2, -0.15) is 11.8 Å². The summed E-state index contributed by atoms with van der Waals surface area (Å²) in [5, 5.41) is 12.5. The number of fused-ring (bicyclic) bond motifs is 1. The fraction of sp³-hybridized carbons (Fsp3) is 0.893. The van der Waals surface area contributed by atoms with E-state index in [0.717, 1.165) is 25.0 Å². The monoisotopic (exact) mass is 682 g/mol. The van der Waals surface area contributed by atoms with Crippen LogP contribution in [0.3, 0.4) is 0 Å². The summed E-state index contributed by atoms with van der Waals surface area (Å²) in [5.74, 6) is 1.05. The average molecular weight is 683 g/mol. The molecule has 0 aliphatic carbocycles. The molecule has 2 fully saturated rings. The number of carbonyl (C=O) groups excluding carboxylic acids is 3. The van der Waals surface area contributed by atoms with Gasteiger partial charge in [-0.3, -0.25) is 9.59 Å². The molecule has 226 valence electrons. The third-order valence-electron chi connectivity index (χ3n) is 8.93. The zero-order chi connectivity index (χ0) is 29.5. The molecule has 0 aromatic carbocycles. The third kappa shape index (κ3) is 9.92. The molecule has 2 aliphatic rings. The highest BCUT2D eigenvalue weighted by molar-refractivity contribution is 14.1. The van der Waals surface area contributed by atoms with Gasteiger partial charge < -0.3 is 30.7 Å². The Morgan fingerprint density at radius 3 is 1.97 bits per heavy atom. The van der Waals surface area contributed by atoms with Crippen molar-refractivity contribution in [2.75, 3.05) is 36.5 Å². The number of unbranched alkanes of at least 4 members (excludes halogenated alkanes) is 1. The minimum Gasteiger partial charge on any atom is -0.373 e. The number of hydrogen-bond donors (Lipinski definition) is 4. The lowest BCUT2D eigenvalue weighted by atomic mass is 9.76. The molecule has 4 amide bonds. The molecule has 2 heterocycles. The van der Waals surface area contributed by atoms with Crippen LogP contribution in [0.25, 0.3) is 0 Å². The van der Waals surface area contributed by atoms with Crippen LogP contribution in [-0.4, -0.2) is 82.9 Å². The molecular weight excluding hydrogens is 631 g/mol. The van der Waals surface area contributed by atoms with Gasteiger partial charge in [-0.15, -0.1) is 0 Å². The number of nitrogens with one attached hydrogen (secondary N) is 4. The summed E-state index contributed by atoms with van der Waals surface area (Å²) in [6.45, 7) is 18.5. The van der Waals surface area contributed by atoms with E-state index >= 15 is 0 Å². The predicted molar refractivity (Wildman–Crippen MR) is 166 cm³/mol. The molecular formula is C28H51IN4O5S. The fourth-order valence-corrected chi connectivity index (χ4v) is 6.27. The van der Waals surface area contributed by atoms with Gasteiger partial charge >= 0.3 is 6.03 Å². The maximum atomic E-state index is 12.5. The molecule has 2 saturated heterocycles. The average Bonchev–Trinajstić information content (AvgIpc) is 3.40. The molecule has 0 aromatic heterocycles. The van der Waals surface area contributed by atoms with Crippen LogP contribution in [0.15, 0.2) is 0 Å². The van der Waals surface area contributed by atoms with E-state index in [4.69, 9.17) is 9.47 Å². The Bertz CT molecular complexity index is 852. The van der Waals surface area contributed by atoms with Crippen LogP contribution in [-0.2, 0) is 19.1 Å². The van der Waals surface area contributed by atoms with Crippen molar-refractivity contribution in [3.63, 3.8) is 0 Å². The molecule has 3 unspecified atom stereocenters. The standard InChI is InChI=1S/C28H51IN4O5S/c1-25(2,17-30-21(34)12-10-9-11-20-23-19(16-39-20)32-24(36)33-23)27(5,6)37-13-14-38-28(7,8)26(3,4)18-31-22(35)15-29/h19-20,23H,9-18H2,1-8H3,(H,30,34)(H,31,35)(H2,32,33,36). The first kappa shape index (κ1) is 34.4. The van der Waals surface area contributed by atoms with Gasteiger partial charge in [-0.25, -0.2) is 4.79 Å². The number of urea groups is 1. The topological polar surface area (TPSA) is 118 Å². The van der Waals surface area contributed by atoms with Crippen molar-refractivity contribution < 1.29 is 23.9 Å². The Kier molecular flexibility index (Phi) is 12.7. The molecule has 0 saturated carbocycles. The second-order valence-corrected chi connectivity index (χ2v) is 15.1. The van der Waals surface area contributed by atoms with E-state index < -0.39 is 11.2 Å². The smallest absolute Gasteiger partial charge is 0.315 e. The zero-order valence-electron chi connectivity index (χ0n) is 25.1. The summed E-state index contributed by atoms with van der Waals surface area (Å²) in [6, 6.07) is 0.405. The number of thioether (sulfide) groups is 1. The Morgan fingerprint density at radius 1 is 0.897 bits per heavy atom. The lowest BCUT2D eigenvalue weighted by molar-refractivity contribution is -0.149. The summed E-state index contributed by atoms with van der Waals surface area (Å²) in [7, 11) is 0.